The number of aromatic nitrogens is 2. The number of nitrogens with zero attached hydrogens (tertiary/aromatic N) is 2. The molecule has 27 heavy (non-hydrogen) atoms. The molecule has 0 aliphatic heterocycles. The van der Waals surface area contributed by atoms with E-state index in [1.807, 2.05) is 61.5 Å². The summed E-state index contributed by atoms with van der Waals surface area (Å²) >= 11 is 2.90. The van der Waals surface area contributed by atoms with Crippen molar-refractivity contribution in [3.05, 3.63) is 65.2 Å². The maximum Gasteiger partial charge on any atom is 0.257 e. The number of rotatable bonds is 6. The van der Waals surface area contributed by atoms with E-state index in [9.17, 15) is 4.79 Å². The van der Waals surface area contributed by atoms with Crippen LogP contribution in [-0.4, -0.2) is 21.6 Å². The highest BCUT2D eigenvalue weighted by molar-refractivity contribution is 7.99. The molecular weight excluding hydrogens is 378 g/mol. The van der Waals surface area contributed by atoms with E-state index in [1.54, 1.807) is 11.3 Å². The van der Waals surface area contributed by atoms with Gasteiger partial charge in [-0.15, -0.1) is 11.3 Å². The first-order chi connectivity index (χ1) is 13.2. The van der Waals surface area contributed by atoms with Crippen molar-refractivity contribution < 1.29 is 9.21 Å². The molecule has 0 saturated heterocycles. The van der Waals surface area contributed by atoms with Crippen LogP contribution in [0.15, 0.2) is 64.2 Å². The fourth-order valence-corrected chi connectivity index (χ4v) is 4.24. The number of benzene rings is 2. The first-order valence-corrected chi connectivity index (χ1v) is 10.3. The van der Waals surface area contributed by atoms with Gasteiger partial charge in [0.1, 0.15) is 10.5 Å². The largest absolute Gasteiger partial charge is 0.431 e. The van der Waals surface area contributed by atoms with Crippen molar-refractivity contribution in [1.29, 1.82) is 0 Å². The number of carbonyl (C=O) groups is 1. The molecule has 1 N–H and O–H groups in total. The Morgan fingerprint density at radius 3 is 2.70 bits per heavy atom. The second-order valence-electron chi connectivity index (χ2n) is 5.91. The fourth-order valence-electron chi connectivity index (χ4n) is 2.57. The lowest BCUT2D eigenvalue weighted by Crippen LogP contribution is -2.24. The van der Waals surface area contributed by atoms with Crippen molar-refractivity contribution in [2.75, 3.05) is 5.75 Å². The summed E-state index contributed by atoms with van der Waals surface area (Å²) in [4.78, 5) is 22.2. The van der Waals surface area contributed by atoms with Crippen molar-refractivity contribution in [2.24, 2.45) is 0 Å². The number of thiazole rings is 1. The van der Waals surface area contributed by atoms with E-state index in [-0.39, 0.29) is 11.7 Å². The average molecular weight is 396 g/mol. The van der Waals surface area contributed by atoms with Gasteiger partial charge in [0.05, 0.1) is 18.0 Å². The van der Waals surface area contributed by atoms with E-state index in [0.29, 0.717) is 11.8 Å². The lowest BCUT2D eigenvalue weighted by molar-refractivity contribution is -0.118. The summed E-state index contributed by atoms with van der Waals surface area (Å²) in [6, 6.07) is 17.6. The molecule has 1 amide bonds. The Morgan fingerprint density at radius 2 is 1.89 bits per heavy atom. The van der Waals surface area contributed by atoms with Crippen molar-refractivity contribution >= 4 is 40.1 Å². The molecule has 0 atom stereocenters. The highest BCUT2D eigenvalue weighted by Crippen LogP contribution is 2.28. The zero-order valence-electron chi connectivity index (χ0n) is 14.6. The minimum Gasteiger partial charge on any atom is -0.431 e. The molecule has 0 spiro atoms. The first-order valence-electron chi connectivity index (χ1n) is 8.46. The number of nitrogens with one attached hydrogen (secondary N) is 1. The predicted molar refractivity (Wildman–Crippen MR) is 109 cm³/mol. The third kappa shape index (κ3) is 4.20. The van der Waals surface area contributed by atoms with Crippen LogP contribution in [0.2, 0.25) is 0 Å². The van der Waals surface area contributed by atoms with Crippen LogP contribution in [-0.2, 0) is 11.3 Å². The molecule has 5 nitrogen and oxygen atoms in total. The zero-order valence-corrected chi connectivity index (χ0v) is 16.3. The molecule has 2 heterocycles. The molecule has 2 aromatic carbocycles. The number of aryl methyl sites for hydroxylation is 1. The van der Waals surface area contributed by atoms with Crippen LogP contribution in [0.3, 0.4) is 0 Å². The van der Waals surface area contributed by atoms with Crippen molar-refractivity contribution in [2.45, 2.75) is 18.7 Å². The maximum absolute atomic E-state index is 12.2. The van der Waals surface area contributed by atoms with Gasteiger partial charge in [-0.3, -0.25) is 4.79 Å². The van der Waals surface area contributed by atoms with Crippen molar-refractivity contribution in [3.8, 4) is 10.6 Å². The topological polar surface area (TPSA) is 68.0 Å². The van der Waals surface area contributed by atoms with Gasteiger partial charge in [0.25, 0.3) is 5.22 Å². The predicted octanol–water partition coefficient (Wildman–Crippen LogP) is 4.67. The Bertz CT molecular complexity index is 1040. The smallest absolute Gasteiger partial charge is 0.257 e. The molecule has 4 rings (SSSR count). The maximum atomic E-state index is 12.2. The summed E-state index contributed by atoms with van der Waals surface area (Å²) in [7, 11) is 0. The zero-order chi connectivity index (χ0) is 18.6. The number of oxazole rings is 1. The highest BCUT2D eigenvalue weighted by atomic mass is 32.2. The normalized spacial score (nSPS) is 11.0. The van der Waals surface area contributed by atoms with Gasteiger partial charge >= 0.3 is 0 Å². The summed E-state index contributed by atoms with van der Waals surface area (Å²) in [6.45, 7) is 2.45. The first kappa shape index (κ1) is 17.8. The van der Waals surface area contributed by atoms with Crippen LogP contribution in [0, 0.1) is 6.92 Å². The number of para-hydroxylation sites is 2. The molecule has 0 fully saturated rings. The number of thioether (sulfide) groups is 1. The molecule has 0 bridgehead atoms. The average Bonchev–Trinajstić information content (AvgIpc) is 3.28. The summed E-state index contributed by atoms with van der Waals surface area (Å²) in [5.41, 5.74) is 3.57. The van der Waals surface area contributed by atoms with Gasteiger partial charge in [0.2, 0.25) is 5.91 Å². The molecule has 0 radical (unpaired) electrons. The minimum atomic E-state index is -0.0590. The van der Waals surface area contributed by atoms with Gasteiger partial charge in [-0.2, -0.15) is 0 Å². The highest BCUT2D eigenvalue weighted by Gasteiger charge is 2.12. The van der Waals surface area contributed by atoms with Crippen LogP contribution >= 0.6 is 23.1 Å². The molecule has 4 aromatic rings. The van der Waals surface area contributed by atoms with Crippen LogP contribution in [0.5, 0.6) is 0 Å². The van der Waals surface area contributed by atoms with E-state index >= 15 is 0 Å². The third-order valence-corrected chi connectivity index (χ3v) is 6.00. The van der Waals surface area contributed by atoms with Crippen LogP contribution < -0.4 is 5.32 Å². The third-order valence-electron chi connectivity index (χ3n) is 3.96. The van der Waals surface area contributed by atoms with E-state index in [0.717, 1.165) is 32.2 Å². The molecule has 0 aliphatic rings. The quantitative estimate of drug-likeness (QED) is 0.481. The lowest BCUT2D eigenvalue weighted by Gasteiger charge is -2.02. The summed E-state index contributed by atoms with van der Waals surface area (Å²) in [5, 5.41) is 4.43. The van der Waals surface area contributed by atoms with Gasteiger partial charge in [-0.1, -0.05) is 54.2 Å². The Kier molecular flexibility index (Phi) is 5.22. The van der Waals surface area contributed by atoms with E-state index in [4.69, 9.17) is 4.42 Å². The SMILES string of the molecule is Cc1nc(-c2ccccc2)sc1CNC(=O)CSc1nc2ccccc2o1. The molecular formula is C20H17N3O2S2. The van der Waals surface area contributed by atoms with Crippen molar-refractivity contribution in [3.63, 3.8) is 0 Å². The van der Waals surface area contributed by atoms with E-state index in [2.05, 4.69) is 15.3 Å². The number of carbonyl (C=O) groups excluding carboxylic acids is 1. The van der Waals surface area contributed by atoms with E-state index in [1.165, 1.54) is 11.8 Å². The second kappa shape index (κ2) is 7.94. The summed E-state index contributed by atoms with van der Waals surface area (Å²) in [5.74, 6) is 0.201. The fraction of sp³-hybridized carbons (Fsp3) is 0.150. The Labute approximate surface area is 164 Å². The van der Waals surface area contributed by atoms with Gasteiger partial charge < -0.3 is 9.73 Å². The molecule has 0 saturated carbocycles. The van der Waals surface area contributed by atoms with Gasteiger partial charge in [-0.05, 0) is 19.1 Å². The minimum absolute atomic E-state index is 0.0590. The monoisotopic (exact) mass is 395 g/mol. The number of hydrogen-bond acceptors (Lipinski definition) is 6. The molecule has 0 unspecified atom stereocenters. The van der Waals surface area contributed by atoms with Gasteiger partial charge in [0.15, 0.2) is 5.58 Å². The Morgan fingerprint density at radius 1 is 1.11 bits per heavy atom. The lowest BCUT2D eigenvalue weighted by atomic mass is 10.2. The van der Waals surface area contributed by atoms with Gasteiger partial charge in [0, 0.05) is 10.4 Å². The van der Waals surface area contributed by atoms with Crippen LogP contribution in [0.1, 0.15) is 10.6 Å². The Balaban J connectivity index is 1.33. The van der Waals surface area contributed by atoms with Crippen molar-refractivity contribution in [1.82, 2.24) is 15.3 Å². The van der Waals surface area contributed by atoms with Gasteiger partial charge in [-0.25, -0.2) is 9.97 Å². The summed E-state index contributed by atoms with van der Waals surface area (Å²) < 4.78 is 5.62. The standard InChI is InChI=1S/C20H17N3O2S2/c1-13-17(27-19(22-13)14-7-3-2-4-8-14)11-21-18(24)12-26-20-23-15-9-5-6-10-16(15)25-20/h2-10H,11-12H2,1H3,(H,21,24). The van der Waals surface area contributed by atoms with Crippen LogP contribution in [0.25, 0.3) is 21.7 Å². The number of hydrogen-bond donors (Lipinski definition) is 1. The molecule has 0 aliphatic carbocycles. The molecule has 2 aromatic heterocycles. The molecule has 7 heteroatoms. The van der Waals surface area contributed by atoms with Crippen LogP contribution in [0.4, 0.5) is 0 Å². The molecule has 136 valence electrons. The second-order valence-corrected chi connectivity index (χ2v) is 7.92. The van der Waals surface area contributed by atoms with E-state index < -0.39 is 0 Å². The number of amides is 1. The number of fused-ring (bicyclic) bond motifs is 1. The Hall–Kier alpha value is -2.64. The summed E-state index contributed by atoms with van der Waals surface area (Å²) in [6.07, 6.45) is 0.